The van der Waals surface area contributed by atoms with E-state index in [0.717, 1.165) is 41.1 Å². The largest absolute Gasteiger partial charge is 0.356 e. The molecule has 0 atom stereocenters. The molecule has 0 aliphatic heterocycles. The molecule has 0 aromatic carbocycles. The number of guanidine groups is 1. The lowest BCUT2D eigenvalue weighted by molar-refractivity contribution is 0.758. The van der Waals surface area contributed by atoms with Crippen LogP contribution in [0.2, 0.25) is 0 Å². The van der Waals surface area contributed by atoms with E-state index in [-0.39, 0.29) is 0 Å². The smallest absolute Gasteiger partial charge is 0.191 e. The zero-order valence-electron chi connectivity index (χ0n) is 14.1. The maximum absolute atomic E-state index is 4.45. The maximum atomic E-state index is 4.45. The van der Waals surface area contributed by atoms with Crippen molar-refractivity contribution >= 4 is 22.9 Å². The van der Waals surface area contributed by atoms with E-state index in [1.54, 1.807) is 18.4 Å². The van der Waals surface area contributed by atoms with Gasteiger partial charge in [-0.3, -0.25) is 9.39 Å². The fraction of sp³-hybridized carbons (Fsp3) is 0.375. The molecular formula is C16H21N7S. The van der Waals surface area contributed by atoms with E-state index in [1.165, 1.54) is 4.88 Å². The van der Waals surface area contributed by atoms with Gasteiger partial charge in [0.1, 0.15) is 0 Å². The number of aryl methyl sites for hydroxylation is 2. The van der Waals surface area contributed by atoms with Crippen LogP contribution in [0.1, 0.15) is 21.4 Å². The monoisotopic (exact) mass is 343 g/mol. The highest BCUT2D eigenvalue weighted by atomic mass is 32.1. The minimum Gasteiger partial charge on any atom is -0.356 e. The SMILES string of the molecule is CN=C(NCCc1sc(C)nc1C)NCc1nnc2ccccn12. The average Bonchev–Trinajstić information content (AvgIpc) is 3.13. The van der Waals surface area contributed by atoms with Gasteiger partial charge < -0.3 is 10.6 Å². The van der Waals surface area contributed by atoms with Crippen LogP contribution in [0.15, 0.2) is 29.4 Å². The number of rotatable bonds is 5. The summed E-state index contributed by atoms with van der Waals surface area (Å²) in [6.07, 6.45) is 2.89. The Balaban J connectivity index is 1.53. The van der Waals surface area contributed by atoms with Crippen molar-refractivity contribution in [3.63, 3.8) is 0 Å². The molecule has 0 radical (unpaired) electrons. The first-order valence-electron chi connectivity index (χ1n) is 7.83. The first-order chi connectivity index (χ1) is 11.7. The molecule has 0 aliphatic rings. The van der Waals surface area contributed by atoms with Gasteiger partial charge in [-0.15, -0.1) is 21.5 Å². The number of thiazole rings is 1. The third-order valence-corrected chi connectivity index (χ3v) is 4.80. The second-order valence-electron chi connectivity index (χ2n) is 5.39. The van der Waals surface area contributed by atoms with Crippen molar-refractivity contribution in [1.29, 1.82) is 0 Å². The lowest BCUT2D eigenvalue weighted by Crippen LogP contribution is -2.38. The van der Waals surface area contributed by atoms with Crippen molar-refractivity contribution in [1.82, 2.24) is 30.2 Å². The van der Waals surface area contributed by atoms with Crippen LogP contribution in [-0.2, 0) is 13.0 Å². The van der Waals surface area contributed by atoms with Crippen LogP contribution in [-0.4, -0.2) is 39.1 Å². The van der Waals surface area contributed by atoms with E-state index in [2.05, 4.69) is 37.7 Å². The predicted molar refractivity (Wildman–Crippen MR) is 96.5 cm³/mol. The van der Waals surface area contributed by atoms with Gasteiger partial charge in [-0.2, -0.15) is 0 Å². The minimum absolute atomic E-state index is 0.559. The Bertz CT molecular complexity index is 849. The lowest BCUT2D eigenvalue weighted by atomic mass is 10.3. The molecule has 3 aromatic heterocycles. The zero-order chi connectivity index (χ0) is 16.9. The zero-order valence-corrected chi connectivity index (χ0v) is 14.9. The Morgan fingerprint density at radius 1 is 1.25 bits per heavy atom. The highest BCUT2D eigenvalue weighted by molar-refractivity contribution is 7.11. The van der Waals surface area contributed by atoms with Crippen molar-refractivity contribution in [3.8, 4) is 0 Å². The van der Waals surface area contributed by atoms with Crippen LogP contribution in [0.5, 0.6) is 0 Å². The number of nitrogens with one attached hydrogen (secondary N) is 2. The summed E-state index contributed by atoms with van der Waals surface area (Å²) >= 11 is 1.75. The van der Waals surface area contributed by atoms with Crippen molar-refractivity contribution < 1.29 is 0 Å². The number of hydrogen-bond donors (Lipinski definition) is 2. The Labute approximate surface area is 144 Å². The van der Waals surface area contributed by atoms with E-state index >= 15 is 0 Å². The molecule has 24 heavy (non-hydrogen) atoms. The molecule has 0 spiro atoms. The molecule has 3 aromatic rings. The normalized spacial score (nSPS) is 11.9. The molecule has 0 bridgehead atoms. The molecule has 0 saturated carbocycles. The summed E-state index contributed by atoms with van der Waals surface area (Å²) in [4.78, 5) is 10.0. The van der Waals surface area contributed by atoms with E-state index in [1.807, 2.05) is 35.7 Å². The molecule has 0 amide bonds. The minimum atomic E-state index is 0.559. The fourth-order valence-corrected chi connectivity index (χ4v) is 3.43. The van der Waals surface area contributed by atoms with E-state index in [0.29, 0.717) is 6.54 Å². The van der Waals surface area contributed by atoms with Gasteiger partial charge in [0.25, 0.3) is 0 Å². The number of pyridine rings is 1. The molecular weight excluding hydrogens is 322 g/mol. The van der Waals surface area contributed by atoms with Gasteiger partial charge in [0.15, 0.2) is 17.4 Å². The summed E-state index contributed by atoms with van der Waals surface area (Å²) < 4.78 is 1.96. The second-order valence-corrected chi connectivity index (χ2v) is 6.68. The van der Waals surface area contributed by atoms with Crippen molar-refractivity contribution in [2.24, 2.45) is 4.99 Å². The first-order valence-corrected chi connectivity index (χ1v) is 8.65. The highest BCUT2D eigenvalue weighted by Crippen LogP contribution is 2.16. The van der Waals surface area contributed by atoms with Crippen LogP contribution in [0.3, 0.4) is 0 Å². The Kier molecular flexibility index (Phi) is 5.05. The summed E-state index contributed by atoms with van der Waals surface area (Å²) in [5.41, 5.74) is 1.96. The van der Waals surface area contributed by atoms with Gasteiger partial charge in [-0.1, -0.05) is 6.07 Å². The molecule has 2 N–H and O–H groups in total. The number of nitrogens with zero attached hydrogens (tertiary/aromatic N) is 5. The molecule has 7 nitrogen and oxygen atoms in total. The van der Waals surface area contributed by atoms with Crippen LogP contribution < -0.4 is 10.6 Å². The molecule has 8 heteroatoms. The molecule has 3 rings (SSSR count). The Hall–Kier alpha value is -2.48. The first kappa shape index (κ1) is 16.4. The summed E-state index contributed by atoms with van der Waals surface area (Å²) in [7, 11) is 1.76. The molecule has 0 aliphatic carbocycles. The van der Waals surface area contributed by atoms with Gasteiger partial charge in [0, 0.05) is 31.1 Å². The quantitative estimate of drug-likeness (QED) is 0.545. The van der Waals surface area contributed by atoms with Gasteiger partial charge in [-0.25, -0.2) is 4.98 Å². The number of hydrogen-bond acceptors (Lipinski definition) is 5. The summed E-state index contributed by atoms with van der Waals surface area (Å²) in [6.45, 7) is 5.46. The molecule has 126 valence electrons. The third-order valence-electron chi connectivity index (χ3n) is 3.67. The predicted octanol–water partition coefficient (Wildman–Crippen LogP) is 1.71. The topological polar surface area (TPSA) is 79.5 Å². The van der Waals surface area contributed by atoms with Gasteiger partial charge >= 0.3 is 0 Å². The van der Waals surface area contributed by atoms with Crippen LogP contribution in [0.25, 0.3) is 5.65 Å². The van der Waals surface area contributed by atoms with E-state index in [4.69, 9.17) is 0 Å². The van der Waals surface area contributed by atoms with Crippen LogP contribution in [0.4, 0.5) is 0 Å². The van der Waals surface area contributed by atoms with Gasteiger partial charge in [-0.05, 0) is 26.0 Å². The fourth-order valence-electron chi connectivity index (χ4n) is 2.49. The molecule has 0 fully saturated rings. The van der Waals surface area contributed by atoms with Gasteiger partial charge in [0.2, 0.25) is 0 Å². The van der Waals surface area contributed by atoms with E-state index in [9.17, 15) is 0 Å². The summed E-state index contributed by atoms with van der Waals surface area (Å²) in [5.74, 6) is 1.60. The number of aliphatic imine (C=N–C) groups is 1. The van der Waals surface area contributed by atoms with Crippen molar-refractivity contribution in [2.45, 2.75) is 26.8 Å². The van der Waals surface area contributed by atoms with Crippen LogP contribution >= 0.6 is 11.3 Å². The Morgan fingerprint density at radius 3 is 2.88 bits per heavy atom. The van der Waals surface area contributed by atoms with E-state index < -0.39 is 0 Å². The molecule has 3 heterocycles. The Morgan fingerprint density at radius 2 is 2.12 bits per heavy atom. The number of fused-ring (bicyclic) bond motifs is 1. The molecule has 0 saturated heterocycles. The lowest BCUT2D eigenvalue weighted by Gasteiger charge is -2.10. The summed E-state index contributed by atoms with van der Waals surface area (Å²) in [6, 6.07) is 5.85. The standard InChI is InChI=1S/C16H21N7S/c1-11-13(24-12(2)20-11)7-8-18-16(17-3)19-10-15-22-21-14-6-4-5-9-23(14)15/h4-6,9H,7-8,10H2,1-3H3,(H2,17,18,19). The van der Waals surface area contributed by atoms with Crippen molar-refractivity contribution in [2.75, 3.05) is 13.6 Å². The maximum Gasteiger partial charge on any atom is 0.191 e. The van der Waals surface area contributed by atoms with Gasteiger partial charge in [0.05, 0.1) is 17.2 Å². The second kappa shape index (κ2) is 7.39. The highest BCUT2D eigenvalue weighted by Gasteiger charge is 2.07. The van der Waals surface area contributed by atoms with Crippen LogP contribution in [0, 0.1) is 13.8 Å². The third kappa shape index (κ3) is 3.70. The molecule has 0 unspecified atom stereocenters. The summed E-state index contributed by atoms with van der Waals surface area (Å²) in [5, 5.41) is 16.1. The average molecular weight is 343 g/mol. The van der Waals surface area contributed by atoms with Crippen molar-refractivity contribution in [3.05, 3.63) is 45.8 Å². The number of aromatic nitrogens is 4.